The standard InChI is InChI=1S/C5H2N6S/c12-3(4-6-1-8-10-4)5-7-2-9-11-5/h1-2H. The summed E-state index contributed by atoms with van der Waals surface area (Å²) >= 11 is 4.96. The van der Waals surface area contributed by atoms with Gasteiger partial charge in [0.05, 0.1) is 0 Å². The quantitative estimate of drug-likeness (QED) is 0.514. The summed E-state index contributed by atoms with van der Waals surface area (Å²) in [7, 11) is 0. The normalized spacial score (nSPS) is 18.3. The molecule has 0 atom stereocenters. The first kappa shape index (κ1) is 7.04. The summed E-state index contributed by atoms with van der Waals surface area (Å²) < 4.78 is 0. The SMILES string of the molecule is S=C(C1=N[N]C=N1)C1=N[N]C=N1. The first-order chi connectivity index (χ1) is 5.88. The maximum absolute atomic E-state index is 4.96. The summed E-state index contributed by atoms with van der Waals surface area (Å²) in [6, 6.07) is 0. The average molecular weight is 178 g/mol. The lowest BCUT2D eigenvalue weighted by molar-refractivity contribution is 1.06. The van der Waals surface area contributed by atoms with E-state index in [9.17, 15) is 0 Å². The Morgan fingerprint density at radius 3 is 1.83 bits per heavy atom. The molecule has 2 aliphatic heterocycles. The third kappa shape index (κ3) is 1.10. The maximum atomic E-state index is 4.96. The van der Waals surface area contributed by atoms with Crippen LogP contribution in [0.15, 0.2) is 20.2 Å². The number of hydrogen-bond acceptors (Lipinski definition) is 5. The highest BCUT2D eigenvalue weighted by molar-refractivity contribution is 7.84. The molecule has 0 bridgehead atoms. The lowest BCUT2D eigenvalue weighted by Crippen LogP contribution is -2.16. The van der Waals surface area contributed by atoms with E-state index in [-0.39, 0.29) is 0 Å². The lowest BCUT2D eigenvalue weighted by Gasteiger charge is -1.92. The highest BCUT2D eigenvalue weighted by Gasteiger charge is 2.17. The molecule has 0 aromatic rings. The summed E-state index contributed by atoms with van der Waals surface area (Å²) in [5.74, 6) is 0.719. The van der Waals surface area contributed by atoms with E-state index in [1.165, 1.54) is 12.7 Å². The molecule has 7 heteroatoms. The summed E-state index contributed by atoms with van der Waals surface area (Å²) in [5, 5.41) is 7.32. The largest absolute Gasteiger partial charge is 0.212 e. The molecule has 2 aliphatic rings. The Balaban J connectivity index is 2.19. The Kier molecular flexibility index (Phi) is 1.63. The Hall–Kier alpha value is -1.63. The molecule has 2 radical (unpaired) electrons. The van der Waals surface area contributed by atoms with E-state index in [0.29, 0.717) is 16.5 Å². The van der Waals surface area contributed by atoms with Gasteiger partial charge in [-0.05, 0) is 0 Å². The van der Waals surface area contributed by atoms with Crippen molar-refractivity contribution in [2.75, 3.05) is 0 Å². The van der Waals surface area contributed by atoms with Crippen LogP contribution in [0.5, 0.6) is 0 Å². The molecule has 0 amide bonds. The van der Waals surface area contributed by atoms with Crippen LogP contribution >= 0.6 is 12.2 Å². The van der Waals surface area contributed by atoms with Crippen molar-refractivity contribution in [1.82, 2.24) is 10.9 Å². The minimum Gasteiger partial charge on any atom is -0.212 e. The summed E-state index contributed by atoms with van der Waals surface area (Å²) in [5.41, 5.74) is 7.06. The van der Waals surface area contributed by atoms with Crippen LogP contribution in [0.2, 0.25) is 0 Å². The van der Waals surface area contributed by atoms with Crippen molar-refractivity contribution in [3.8, 4) is 0 Å². The van der Waals surface area contributed by atoms with Gasteiger partial charge in [0.25, 0.3) is 0 Å². The number of rotatable bonds is 2. The monoisotopic (exact) mass is 178 g/mol. The molecule has 6 nitrogen and oxygen atoms in total. The molecule has 0 aromatic carbocycles. The Bertz CT molecular complexity index is 306. The minimum absolute atomic E-state index is 0.359. The number of amidine groups is 2. The zero-order valence-corrected chi connectivity index (χ0v) is 6.56. The van der Waals surface area contributed by atoms with Crippen LogP contribution in [0, 0.1) is 0 Å². The Morgan fingerprint density at radius 2 is 1.50 bits per heavy atom. The second-order valence-corrected chi connectivity index (χ2v) is 2.30. The van der Waals surface area contributed by atoms with Gasteiger partial charge < -0.3 is 0 Å². The number of nitrogens with zero attached hydrogens (tertiary/aromatic N) is 6. The van der Waals surface area contributed by atoms with Gasteiger partial charge in [0.2, 0.25) is 0 Å². The zero-order chi connectivity index (χ0) is 8.39. The first-order valence-corrected chi connectivity index (χ1v) is 3.44. The molecule has 12 heavy (non-hydrogen) atoms. The van der Waals surface area contributed by atoms with Crippen molar-refractivity contribution in [2.24, 2.45) is 20.2 Å². The van der Waals surface area contributed by atoms with E-state index in [0.717, 1.165) is 0 Å². The molecular weight excluding hydrogens is 176 g/mol. The van der Waals surface area contributed by atoms with Crippen molar-refractivity contribution < 1.29 is 0 Å². The van der Waals surface area contributed by atoms with Crippen LogP contribution in [0.25, 0.3) is 0 Å². The molecule has 58 valence electrons. The molecule has 0 saturated carbocycles. The van der Waals surface area contributed by atoms with Crippen LogP contribution in [0.4, 0.5) is 0 Å². The Morgan fingerprint density at radius 1 is 1.00 bits per heavy atom. The van der Waals surface area contributed by atoms with E-state index < -0.39 is 0 Å². The number of thiocarbonyl (C=S) groups is 1. The van der Waals surface area contributed by atoms with Crippen molar-refractivity contribution in [3.63, 3.8) is 0 Å². The van der Waals surface area contributed by atoms with Crippen LogP contribution < -0.4 is 10.9 Å². The fourth-order valence-electron chi connectivity index (χ4n) is 0.682. The van der Waals surface area contributed by atoms with E-state index >= 15 is 0 Å². The fourth-order valence-corrected chi connectivity index (χ4v) is 0.869. The molecule has 0 aliphatic carbocycles. The summed E-state index contributed by atoms with van der Waals surface area (Å²) in [6.45, 7) is 0. The van der Waals surface area contributed by atoms with E-state index in [1.54, 1.807) is 0 Å². The molecular formula is C5H2N6S. The van der Waals surface area contributed by atoms with Gasteiger partial charge in [-0.15, -0.1) is 21.1 Å². The maximum Gasteiger partial charge on any atom is 0.198 e. The van der Waals surface area contributed by atoms with Gasteiger partial charge in [-0.2, -0.15) is 0 Å². The smallest absolute Gasteiger partial charge is 0.198 e. The second kappa shape index (κ2) is 2.78. The predicted octanol–water partition coefficient (Wildman–Crippen LogP) is -0.724. The van der Waals surface area contributed by atoms with E-state index in [2.05, 4.69) is 31.0 Å². The van der Waals surface area contributed by atoms with Gasteiger partial charge in [0.15, 0.2) is 11.7 Å². The van der Waals surface area contributed by atoms with Crippen molar-refractivity contribution in [3.05, 3.63) is 0 Å². The van der Waals surface area contributed by atoms with Gasteiger partial charge in [-0.25, -0.2) is 9.98 Å². The van der Waals surface area contributed by atoms with Gasteiger partial charge in [0.1, 0.15) is 17.5 Å². The van der Waals surface area contributed by atoms with Crippen LogP contribution in [-0.4, -0.2) is 29.2 Å². The van der Waals surface area contributed by atoms with Gasteiger partial charge in [0, 0.05) is 0 Å². The molecule has 0 N–H and O–H groups in total. The molecule has 2 heterocycles. The van der Waals surface area contributed by atoms with Crippen molar-refractivity contribution in [1.29, 1.82) is 0 Å². The number of aliphatic imine (C=N–C) groups is 2. The highest BCUT2D eigenvalue weighted by Crippen LogP contribution is 1.98. The van der Waals surface area contributed by atoms with E-state index in [1.807, 2.05) is 0 Å². The van der Waals surface area contributed by atoms with Gasteiger partial charge in [-0.3, -0.25) is 0 Å². The lowest BCUT2D eigenvalue weighted by atomic mass is 10.4. The molecule has 0 spiro atoms. The number of hydrogen-bond donors (Lipinski definition) is 0. The third-order valence-corrected chi connectivity index (χ3v) is 1.54. The molecule has 0 saturated heterocycles. The molecule has 2 rings (SSSR count). The average Bonchev–Trinajstić information content (AvgIpc) is 2.77. The van der Waals surface area contributed by atoms with Crippen molar-refractivity contribution in [2.45, 2.75) is 0 Å². The molecule has 0 fully saturated rings. The topological polar surface area (TPSA) is 77.6 Å². The Labute approximate surface area is 73.2 Å². The fraction of sp³-hybridized carbons (Fsp3) is 0. The second-order valence-electron chi connectivity index (χ2n) is 1.90. The van der Waals surface area contributed by atoms with Gasteiger partial charge >= 0.3 is 0 Å². The van der Waals surface area contributed by atoms with Gasteiger partial charge in [-0.1, -0.05) is 12.2 Å². The zero-order valence-electron chi connectivity index (χ0n) is 5.75. The first-order valence-electron chi connectivity index (χ1n) is 3.03. The van der Waals surface area contributed by atoms with Crippen LogP contribution in [0.1, 0.15) is 0 Å². The van der Waals surface area contributed by atoms with E-state index in [4.69, 9.17) is 12.2 Å². The highest BCUT2D eigenvalue weighted by atomic mass is 32.1. The van der Waals surface area contributed by atoms with Crippen LogP contribution in [-0.2, 0) is 0 Å². The van der Waals surface area contributed by atoms with Crippen LogP contribution in [0.3, 0.4) is 0 Å². The summed E-state index contributed by atoms with van der Waals surface area (Å²) in [4.78, 5) is 7.97. The van der Waals surface area contributed by atoms with Crippen molar-refractivity contribution >= 4 is 41.4 Å². The minimum atomic E-state index is 0.359. The third-order valence-electron chi connectivity index (χ3n) is 1.17. The molecule has 0 unspecified atom stereocenters. The predicted molar refractivity (Wildman–Crippen MR) is 48.7 cm³/mol. The molecule has 0 aromatic heterocycles. The summed E-state index contributed by atoms with van der Waals surface area (Å²) in [6.07, 6.45) is 2.63.